The van der Waals surface area contributed by atoms with Crippen molar-refractivity contribution in [3.8, 4) is 10.4 Å². The first kappa shape index (κ1) is 17.2. The van der Waals surface area contributed by atoms with Crippen LogP contribution in [0.5, 0.6) is 0 Å². The Bertz CT molecular complexity index is 999. The molecule has 1 aliphatic heterocycles. The Morgan fingerprint density at radius 1 is 1.20 bits per heavy atom. The molecule has 2 heterocycles. The van der Waals surface area contributed by atoms with Crippen molar-refractivity contribution in [1.29, 1.82) is 0 Å². The third kappa shape index (κ3) is 3.38. The van der Waals surface area contributed by atoms with Crippen LogP contribution in [0.4, 0.5) is 5.69 Å². The summed E-state index contributed by atoms with van der Waals surface area (Å²) in [7, 11) is 0. The summed E-state index contributed by atoms with van der Waals surface area (Å²) in [6, 6.07) is 13.8. The predicted octanol–water partition coefficient (Wildman–Crippen LogP) is 7.00. The number of benzene rings is 2. The number of amides is 1. The normalized spacial score (nSPS) is 12.4. The number of hydrogen-bond acceptors (Lipinski definition) is 3. The SMILES string of the molecule is Cc1ccc(NC(=O)c2cc3c(s2)-c2ccc(Cl)cc2SC3)c(Br)c1. The second-order valence-corrected chi connectivity index (χ2v) is 9.19. The number of carbonyl (C=O) groups excluding carboxylic acids is 1. The van der Waals surface area contributed by atoms with E-state index in [-0.39, 0.29) is 5.91 Å². The fraction of sp³-hybridized carbons (Fsp3) is 0.105. The van der Waals surface area contributed by atoms with Crippen LogP contribution in [0.1, 0.15) is 20.8 Å². The summed E-state index contributed by atoms with van der Waals surface area (Å²) in [6.45, 7) is 2.02. The molecule has 0 bridgehead atoms. The number of carbonyl (C=O) groups is 1. The van der Waals surface area contributed by atoms with Gasteiger partial charge in [-0.3, -0.25) is 4.79 Å². The third-order valence-electron chi connectivity index (χ3n) is 3.98. The van der Waals surface area contributed by atoms with Gasteiger partial charge in [-0.25, -0.2) is 0 Å². The standard InChI is InChI=1S/C19H13BrClNOS2/c1-10-2-5-15(14(20)6-10)22-19(23)17-7-11-9-24-16-8-12(21)3-4-13(16)18(11)25-17/h2-8H,9H2,1H3,(H,22,23). The van der Waals surface area contributed by atoms with Gasteiger partial charge in [0.1, 0.15) is 0 Å². The Kier molecular flexibility index (Phi) is 4.67. The minimum atomic E-state index is -0.0792. The third-order valence-corrected chi connectivity index (χ3v) is 7.18. The number of aryl methyl sites for hydroxylation is 1. The predicted molar refractivity (Wildman–Crippen MR) is 111 cm³/mol. The van der Waals surface area contributed by atoms with E-state index in [9.17, 15) is 4.79 Å². The molecule has 0 unspecified atom stereocenters. The van der Waals surface area contributed by atoms with Crippen LogP contribution >= 0.6 is 50.6 Å². The number of thiophene rings is 1. The number of nitrogens with one attached hydrogen (secondary N) is 1. The molecule has 1 N–H and O–H groups in total. The van der Waals surface area contributed by atoms with Gasteiger partial charge in [-0.2, -0.15) is 0 Å². The summed E-state index contributed by atoms with van der Waals surface area (Å²) in [6.07, 6.45) is 0. The molecule has 0 saturated heterocycles. The van der Waals surface area contributed by atoms with Gasteiger partial charge in [-0.05, 0) is 64.3 Å². The number of rotatable bonds is 2. The van der Waals surface area contributed by atoms with Crippen LogP contribution in [0, 0.1) is 6.92 Å². The molecule has 0 radical (unpaired) electrons. The molecule has 6 heteroatoms. The molecular formula is C19H13BrClNOS2. The minimum Gasteiger partial charge on any atom is -0.320 e. The second-order valence-electron chi connectivity index (χ2n) is 5.83. The Morgan fingerprint density at radius 2 is 2.04 bits per heavy atom. The highest BCUT2D eigenvalue weighted by Gasteiger charge is 2.22. The molecule has 0 aliphatic carbocycles. The molecule has 4 rings (SSSR count). The Morgan fingerprint density at radius 3 is 2.84 bits per heavy atom. The maximum absolute atomic E-state index is 12.7. The molecule has 1 amide bonds. The largest absolute Gasteiger partial charge is 0.320 e. The number of anilines is 1. The first-order valence-corrected chi connectivity index (χ1v) is 10.6. The molecule has 1 aliphatic rings. The second kappa shape index (κ2) is 6.80. The molecule has 3 aromatic rings. The smallest absolute Gasteiger partial charge is 0.265 e. The molecule has 2 aromatic carbocycles. The average molecular weight is 451 g/mol. The first-order chi connectivity index (χ1) is 12.0. The van der Waals surface area contributed by atoms with Gasteiger partial charge in [0, 0.05) is 30.6 Å². The molecule has 1 aromatic heterocycles. The highest BCUT2D eigenvalue weighted by molar-refractivity contribution is 9.10. The Labute approximate surface area is 167 Å². The lowest BCUT2D eigenvalue weighted by molar-refractivity contribution is 0.103. The number of halogens is 2. The molecule has 2 nitrogen and oxygen atoms in total. The Hall–Kier alpha value is -1.27. The highest BCUT2D eigenvalue weighted by atomic mass is 79.9. The van der Waals surface area contributed by atoms with Crippen molar-refractivity contribution in [2.45, 2.75) is 17.6 Å². The fourth-order valence-electron chi connectivity index (χ4n) is 2.74. The van der Waals surface area contributed by atoms with E-state index < -0.39 is 0 Å². The quantitative estimate of drug-likeness (QED) is 0.455. The zero-order chi connectivity index (χ0) is 17.6. The van der Waals surface area contributed by atoms with Crippen LogP contribution in [0.3, 0.4) is 0 Å². The van der Waals surface area contributed by atoms with Crippen LogP contribution in [0.25, 0.3) is 10.4 Å². The summed E-state index contributed by atoms with van der Waals surface area (Å²) in [5, 5.41) is 3.74. The van der Waals surface area contributed by atoms with Crippen molar-refractivity contribution in [2.75, 3.05) is 5.32 Å². The van der Waals surface area contributed by atoms with Crippen molar-refractivity contribution in [1.82, 2.24) is 0 Å². The van der Waals surface area contributed by atoms with Crippen LogP contribution < -0.4 is 5.32 Å². The molecular weight excluding hydrogens is 438 g/mol. The molecule has 25 heavy (non-hydrogen) atoms. The van der Waals surface area contributed by atoms with E-state index in [1.54, 1.807) is 11.8 Å². The van der Waals surface area contributed by atoms with Crippen molar-refractivity contribution in [3.05, 3.63) is 68.0 Å². The van der Waals surface area contributed by atoms with E-state index in [4.69, 9.17) is 11.6 Å². The van der Waals surface area contributed by atoms with E-state index in [0.29, 0.717) is 0 Å². The van der Waals surface area contributed by atoms with E-state index >= 15 is 0 Å². The topological polar surface area (TPSA) is 29.1 Å². The summed E-state index contributed by atoms with van der Waals surface area (Å²) in [5.41, 5.74) is 4.29. The maximum Gasteiger partial charge on any atom is 0.265 e. The van der Waals surface area contributed by atoms with Crippen LogP contribution in [0.2, 0.25) is 5.02 Å². The lowest BCUT2D eigenvalue weighted by Crippen LogP contribution is -2.10. The van der Waals surface area contributed by atoms with Gasteiger partial charge >= 0.3 is 0 Å². The molecule has 0 saturated carbocycles. The van der Waals surface area contributed by atoms with Crippen molar-refractivity contribution in [2.24, 2.45) is 0 Å². The fourth-order valence-corrected chi connectivity index (χ4v) is 5.91. The zero-order valence-electron chi connectivity index (χ0n) is 13.2. The van der Waals surface area contributed by atoms with Gasteiger partial charge in [0.15, 0.2) is 0 Å². The molecule has 0 spiro atoms. The van der Waals surface area contributed by atoms with Crippen molar-refractivity contribution in [3.63, 3.8) is 0 Å². The number of fused-ring (bicyclic) bond motifs is 3. The lowest BCUT2D eigenvalue weighted by atomic mass is 10.1. The van der Waals surface area contributed by atoms with Gasteiger partial charge in [0.05, 0.1) is 10.6 Å². The summed E-state index contributed by atoms with van der Waals surface area (Å²) in [4.78, 5) is 15.8. The van der Waals surface area contributed by atoms with Crippen molar-refractivity contribution >= 4 is 62.2 Å². The molecule has 0 atom stereocenters. The maximum atomic E-state index is 12.7. The lowest BCUT2D eigenvalue weighted by Gasteiger charge is -2.15. The molecule has 0 fully saturated rings. The van der Waals surface area contributed by atoms with E-state index in [2.05, 4.69) is 21.2 Å². The summed E-state index contributed by atoms with van der Waals surface area (Å²) in [5.74, 6) is 0.783. The zero-order valence-corrected chi connectivity index (χ0v) is 17.2. The van der Waals surface area contributed by atoms with Gasteiger partial charge in [0.2, 0.25) is 0 Å². The van der Waals surface area contributed by atoms with Gasteiger partial charge in [0.25, 0.3) is 5.91 Å². The Balaban J connectivity index is 1.65. The summed E-state index contributed by atoms with van der Waals surface area (Å²) >= 11 is 12.9. The summed E-state index contributed by atoms with van der Waals surface area (Å²) < 4.78 is 0.887. The highest BCUT2D eigenvalue weighted by Crippen LogP contribution is 2.46. The van der Waals surface area contributed by atoms with Gasteiger partial charge in [-0.1, -0.05) is 23.7 Å². The van der Waals surface area contributed by atoms with Gasteiger partial charge in [-0.15, -0.1) is 23.1 Å². The average Bonchev–Trinajstić information content (AvgIpc) is 3.01. The van der Waals surface area contributed by atoms with E-state index in [1.807, 2.05) is 49.4 Å². The van der Waals surface area contributed by atoms with Crippen LogP contribution in [-0.2, 0) is 5.75 Å². The number of hydrogen-bond donors (Lipinski definition) is 1. The van der Waals surface area contributed by atoms with Crippen LogP contribution in [-0.4, -0.2) is 5.91 Å². The first-order valence-electron chi connectivity index (χ1n) is 7.64. The van der Waals surface area contributed by atoms with Gasteiger partial charge < -0.3 is 5.32 Å². The van der Waals surface area contributed by atoms with Crippen LogP contribution in [0.15, 0.2) is 51.8 Å². The van der Waals surface area contributed by atoms with Crippen molar-refractivity contribution < 1.29 is 4.79 Å². The van der Waals surface area contributed by atoms with E-state index in [0.717, 1.165) is 36.9 Å². The van der Waals surface area contributed by atoms with E-state index in [1.165, 1.54) is 26.7 Å². The minimum absolute atomic E-state index is 0.0792. The molecule has 126 valence electrons. The monoisotopic (exact) mass is 449 g/mol. The number of thioether (sulfide) groups is 1.